The third-order valence-corrected chi connectivity index (χ3v) is 8.33. The highest BCUT2D eigenvalue weighted by atomic mass is 28.3. The fourth-order valence-corrected chi connectivity index (χ4v) is 7.03. The zero-order valence-corrected chi connectivity index (χ0v) is 14.9. The van der Waals surface area contributed by atoms with Crippen molar-refractivity contribution in [3.05, 3.63) is 108 Å². The first-order valence-electron chi connectivity index (χ1n) is 8.39. The van der Waals surface area contributed by atoms with Crippen molar-refractivity contribution in [2.75, 3.05) is 0 Å². The van der Waals surface area contributed by atoms with E-state index in [2.05, 4.69) is 96.5 Å². The lowest BCUT2D eigenvalue weighted by Gasteiger charge is -2.27. The second-order valence-corrected chi connectivity index (χ2v) is 10.3. The van der Waals surface area contributed by atoms with Gasteiger partial charge in [-0.1, -0.05) is 91.0 Å². The maximum atomic E-state index is 6.16. The van der Waals surface area contributed by atoms with Gasteiger partial charge in [0.05, 0.1) is 0 Å². The Morgan fingerprint density at radius 2 is 0.833 bits per heavy atom. The smallest absolute Gasteiger partial charge is 0.134 e. The van der Waals surface area contributed by atoms with E-state index in [0.29, 0.717) is 0 Å². The molecule has 0 N–H and O–H groups in total. The van der Waals surface area contributed by atoms with Crippen molar-refractivity contribution in [3.8, 4) is 12.0 Å². The third kappa shape index (κ3) is 4.25. The summed E-state index contributed by atoms with van der Waals surface area (Å²) in [5, 5.41) is 0. The van der Waals surface area contributed by atoms with E-state index >= 15 is 0 Å². The molecule has 0 heterocycles. The van der Waals surface area contributed by atoms with Gasteiger partial charge in [0.25, 0.3) is 0 Å². The summed E-state index contributed by atoms with van der Waals surface area (Å²) in [6.07, 6.45) is 6.16. The van der Waals surface area contributed by atoms with Crippen molar-refractivity contribution >= 4 is 8.07 Å². The van der Waals surface area contributed by atoms with Gasteiger partial charge in [-0.25, -0.2) is 0 Å². The number of benzene rings is 3. The number of hydrogen-bond donors (Lipinski definition) is 0. The molecule has 0 radical (unpaired) electrons. The second kappa shape index (κ2) is 7.81. The molecule has 0 aliphatic rings. The van der Waals surface area contributed by atoms with Crippen LogP contribution < -0.4 is 0 Å². The van der Waals surface area contributed by atoms with Crippen LogP contribution in [0, 0.1) is 12.0 Å². The molecule has 24 heavy (non-hydrogen) atoms. The van der Waals surface area contributed by atoms with Crippen molar-refractivity contribution in [1.29, 1.82) is 0 Å². The van der Waals surface area contributed by atoms with Gasteiger partial charge in [0, 0.05) is 0 Å². The van der Waals surface area contributed by atoms with Crippen LogP contribution in [0.1, 0.15) is 16.7 Å². The molecule has 0 aromatic heterocycles. The number of rotatable bonds is 6. The Morgan fingerprint density at radius 1 is 0.542 bits per heavy atom. The molecule has 118 valence electrons. The van der Waals surface area contributed by atoms with Crippen LogP contribution in [0.3, 0.4) is 0 Å². The molecule has 1 heteroatoms. The van der Waals surface area contributed by atoms with Crippen LogP contribution in [-0.2, 0) is 18.1 Å². The summed E-state index contributed by atoms with van der Waals surface area (Å²) in [5.41, 5.74) is 7.37. The van der Waals surface area contributed by atoms with Crippen LogP contribution in [0.2, 0.25) is 0 Å². The average Bonchev–Trinajstić information content (AvgIpc) is 2.64. The van der Waals surface area contributed by atoms with Crippen LogP contribution in [0.15, 0.2) is 91.0 Å². The molecule has 0 bridgehead atoms. The highest BCUT2D eigenvalue weighted by Gasteiger charge is 2.32. The molecule has 3 rings (SSSR count). The van der Waals surface area contributed by atoms with Gasteiger partial charge in [-0.3, -0.25) is 0 Å². The van der Waals surface area contributed by atoms with Crippen LogP contribution in [0.25, 0.3) is 0 Å². The Balaban J connectivity index is 1.93. The normalized spacial score (nSPS) is 11.0. The first-order chi connectivity index (χ1) is 11.8. The largest absolute Gasteiger partial charge is 0.150 e. The minimum Gasteiger partial charge on any atom is -0.134 e. The lowest BCUT2D eigenvalue weighted by Crippen LogP contribution is -2.42. The summed E-state index contributed by atoms with van der Waals surface area (Å²) in [6.45, 7) is 0. The number of hydrogen-bond acceptors (Lipinski definition) is 0. The zero-order valence-electron chi connectivity index (χ0n) is 13.9. The van der Waals surface area contributed by atoms with Crippen LogP contribution >= 0.6 is 0 Å². The first-order valence-corrected chi connectivity index (χ1v) is 11.0. The SMILES string of the molecule is C#C[Si](Cc1ccccc1)(Cc1ccccc1)Cc1ccccc1. The third-order valence-electron chi connectivity index (χ3n) is 4.46. The Morgan fingerprint density at radius 3 is 1.08 bits per heavy atom. The monoisotopic (exact) mass is 326 g/mol. The van der Waals surface area contributed by atoms with E-state index in [1.165, 1.54) is 16.7 Å². The molecule has 0 aliphatic heterocycles. The fourth-order valence-electron chi connectivity index (χ4n) is 3.30. The average molecular weight is 327 g/mol. The molecular weight excluding hydrogens is 304 g/mol. The molecule has 0 amide bonds. The summed E-state index contributed by atoms with van der Waals surface area (Å²) in [7, 11) is -1.96. The van der Waals surface area contributed by atoms with Crippen molar-refractivity contribution < 1.29 is 0 Å². The Bertz CT molecular complexity index is 684. The van der Waals surface area contributed by atoms with Gasteiger partial charge in [0.2, 0.25) is 0 Å². The Labute approximate surface area is 146 Å². The summed E-state index contributed by atoms with van der Waals surface area (Å²) in [5.74, 6) is 0. The lowest BCUT2D eigenvalue weighted by atomic mass is 10.2. The molecule has 0 unspecified atom stereocenters. The van der Waals surface area contributed by atoms with Gasteiger partial charge < -0.3 is 0 Å². The van der Waals surface area contributed by atoms with Gasteiger partial charge >= 0.3 is 0 Å². The molecule has 0 atom stereocenters. The summed E-state index contributed by atoms with van der Waals surface area (Å²) < 4.78 is 0. The summed E-state index contributed by atoms with van der Waals surface area (Å²) in [4.78, 5) is 0. The fraction of sp³-hybridized carbons (Fsp3) is 0.130. The first kappa shape index (κ1) is 16.3. The topological polar surface area (TPSA) is 0 Å². The highest BCUT2D eigenvalue weighted by Crippen LogP contribution is 2.22. The van der Waals surface area contributed by atoms with Crippen LogP contribution in [-0.4, -0.2) is 8.07 Å². The standard InChI is InChI=1S/C23H22Si/c1-2-24(18-21-12-6-3-7-13-21,19-22-14-8-4-9-15-22)20-23-16-10-5-11-17-23/h1,3-17H,18-20H2. The molecule has 3 aromatic carbocycles. The second-order valence-electron chi connectivity index (χ2n) is 6.41. The molecule has 0 saturated carbocycles. The molecule has 0 fully saturated rings. The van der Waals surface area contributed by atoms with E-state index in [1.54, 1.807) is 0 Å². The van der Waals surface area contributed by atoms with Gasteiger partial charge in [-0.05, 0) is 34.8 Å². The van der Waals surface area contributed by atoms with Crippen LogP contribution in [0.5, 0.6) is 0 Å². The molecule has 0 spiro atoms. The summed E-state index contributed by atoms with van der Waals surface area (Å²) >= 11 is 0. The van der Waals surface area contributed by atoms with Crippen molar-refractivity contribution in [2.24, 2.45) is 0 Å². The Kier molecular flexibility index (Phi) is 5.31. The van der Waals surface area contributed by atoms with E-state index in [4.69, 9.17) is 6.42 Å². The Hall–Kier alpha value is -2.56. The van der Waals surface area contributed by atoms with Crippen molar-refractivity contribution in [3.63, 3.8) is 0 Å². The van der Waals surface area contributed by atoms with Gasteiger partial charge in [0.15, 0.2) is 8.07 Å². The van der Waals surface area contributed by atoms with E-state index in [1.807, 2.05) is 0 Å². The van der Waals surface area contributed by atoms with Crippen molar-refractivity contribution in [2.45, 2.75) is 18.1 Å². The number of terminal acetylenes is 1. The summed E-state index contributed by atoms with van der Waals surface area (Å²) in [6, 6.07) is 35.1. The molecule has 0 nitrogen and oxygen atoms in total. The van der Waals surface area contributed by atoms with E-state index in [0.717, 1.165) is 18.1 Å². The maximum Gasteiger partial charge on any atom is 0.150 e. The molecule has 0 saturated heterocycles. The minimum absolute atomic E-state index is 1.02. The van der Waals surface area contributed by atoms with Gasteiger partial charge in [0.1, 0.15) is 0 Å². The molecular formula is C23H22Si. The van der Waals surface area contributed by atoms with Crippen molar-refractivity contribution in [1.82, 2.24) is 0 Å². The predicted octanol–water partition coefficient (Wildman–Crippen LogP) is 4.95. The van der Waals surface area contributed by atoms with Crippen LogP contribution in [0.4, 0.5) is 0 Å². The van der Waals surface area contributed by atoms with E-state index < -0.39 is 8.07 Å². The van der Waals surface area contributed by atoms with Gasteiger partial charge in [-0.15, -0.1) is 12.0 Å². The van der Waals surface area contributed by atoms with E-state index in [9.17, 15) is 0 Å². The highest BCUT2D eigenvalue weighted by molar-refractivity contribution is 6.85. The van der Waals surface area contributed by atoms with E-state index in [-0.39, 0.29) is 0 Å². The lowest BCUT2D eigenvalue weighted by molar-refractivity contribution is 1.16. The molecule has 0 aliphatic carbocycles. The maximum absolute atomic E-state index is 6.16. The predicted molar refractivity (Wildman–Crippen MR) is 105 cm³/mol. The zero-order chi connectivity index (χ0) is 16.7. The minimum atomic E-state index is -1.96. The van der Waals surface area contributed by atoms with Gasteiger partial charge in [-0.2, -0.15) is 0 Å². The quantitative estimate of drug-likeness (QED) is 0.444. The molecule has 3 aromatic rings.